The van der Waals surface area contributed by atoms with Crippen LogP contribution in [0, 0.1) is 0 Å². The lowest BCUT2D eigenvalue weighted by Crippen LogP contribution is -2.40. The van der Waals surface area contributed by atoms with Gasteiger partial charge in [0.05, 0.1) is 19.6 Å². The zero-order chi connectivity index (χ0) is 21.8. The van der Waals surface area contributed by atoms with Crippen molar-refractivity contribution in [2.75, 3.05) is 33.3 Å². The number of aliphatic imine (C=N–C) groups is 1. The van der Waals surface area contributed by atoms with Gasteiger partial charge in [-0.1, -0.05) is 30.3 Å². The number of amides is 2. The fourth-order valence-electron chi connectivity index (χ4n) is 2.59. The van der Waals surface area contributed by atoms with Gasteiger partial charge in [-0.25, -0.2) is 4.99 Å². The zero-order valence-corrected chi connectivity index (χ0v) is 17.4. The van der Waals surface area contributed by atoms with Crippen molar-refractivity contribution >= 4 is 17.8 Å². The van der Waals surface area contributed by atoms with E-state index in [1.54, 1.807) is 12.1 Å². The number of guanidine groups is 1. The molecule has 0 bridgehead atoms. The van der Waals surface area contributed by atoms with Crippen LogP contribution in [0.5, 0.6) is 5.75 Å². The maximum absolute atomic E-state index is 11.9. The quantitative estimate of drug-likeness (QED) is 0.404. The molecule has 2 amide bonds. The van der Waals surface area contributed by atoms with Crippen LogP contribution in [0.1, 0.15) is 22.8 Å². The first-order valence-corrected chi connectivity index (χ1v) is 9.82. The molecule has 0 aliphatic heterocycles. The van der Waals surface area contributed by atoms with Gasteiger partial charge >= 0.3 is 0 Å². The van der Waals surface area contributed by atoms with Crippen LogP contribution in [-0.4, -0.2) is 56.0 Å². The molecule has 0 aliphatic rings. The molecule has 2 aromatic carbocycles. The summed E-state index contributed by atoms with van der Waals surface area (Å²) in [5.41, 5.74) is 6.46. The number of carbonyl (C=O) groups is 2. The molecule has 0 spiro atoms. The van der Waals surface area contributed by atoms with Crippen molar-refractivity contribution in [3.05, 3.63) is 65.7 Å². The Balaban J connectivity index is 1.89. The molecule has 2 rings (SSSR count). The topological polar surface area (TPSA) is 109 Å². The number of primary amides is 1. The Morgan fingerprint density at radius 3 is 2.40 bits per heavy atom. The van der Waals surface area contributed by atoms with Gasteiger partial charge in [0.25, 0.3) is 5.91 Å². The third-order valence-corrected chi connectivity index (χ3v) is 4.19. The Morgan fingerprint density at radius 2 is 1.77 bits per heavy atom. The van der Waals surface area contributed by atoms with Crippen molar-refractivity contribution in [2.45, 2.75) is 13.5 Å². The van der Waals surface area contributed by atoms with E-state index in [1.165, 1.54) is 0 Å². The van der Waals surface area contributed by atoms with Crippen molar-refractivity contribution in [1.29, 1.82) is 0 Å². The second kappa shape index (κ2) is 12.1. The molecule has 8 nitrogen and oxygen atoms in total. The molecule has 0 unspecified atom stereocenters. The highest BCUT2D eigenvalue weighted by atomic mass is 16.5. The number of ether oxygens (including phenoxy) is 1. The molecular weight excluding hydrogens is 382 g/mol. The Labute approximate surface area is 177 Å². The predicted octanol–water partition coefficient (Wildman–Crippen LogP) is 1.38. The highest BCUT2D eigenvalue weighted by Crippen LogP contribution is 2.08. The number of carbonyl (C=O) groups excluding carboxylic acids is 2. The molecule has 0 heterocycles. The van der Waals surface area contributed by atoms with Gasteiger partial charge in [-0.15, -0.1) is 0 Å². The molecule has 160 valence electrons. The van der Waals surface area contributed by atoms with E-state index < -0.39 is 5.91 Å². The first-order valence-electron chi connectivity index (χ1n) is 9.82. The van der Waals surface area contributed by atoms with Crippen molar-refractivity contribution in [3.63, 3.8) is 0 Å². The van der Waals surface area contributed by atoms with Gasteiger partial charge in [-0.2, -0.15) is 0 Å². The van der Waals surface area contributed by atoms with Crippen molar-refractivity contribution in [2.24, 2.45) is 10.7 Å². The van der Waals surface area contributed by atoms with Crippen LogP contribution in [0.25, 0.3) is 0 Å². The molecular formula is C22H29N5O3. The van der Waals surface area contributed by atoms with E-state index >= 15 is 0 Å². The monoisotopic (exact) mass is 411 g/mol. The first-order chi connectivity index (χ1) is 14.5. The van der Waals surface area contributed by atoms with Crippen molar-refractivity contribution < 1.29 is 14.3 Å². The van der Waals surface area contributed by atoms with Gasteiger partial charge in [-0.3, -0.25) is 9.59 Å². The number of nitrogens with zero attached hydrogens (tertiary/aromatic N) is 2. The molecule has 0 atom stereocenters. The molecule has 2 aromatic rings. The SMILES string of the molecule is CCNC(=NCc1ccc(C(=O)NCC(N)=O)cc1)N(C)CCOc1ccccc1. The van der Waals surface area contributed by atoms with Crippen LogP contribution in [-0.2, 0) is 11.3 Å². The average molecular weight is 412 g/mol. The summed E-state index contributed by atoms with van der Waals surface area (Å²) < 4.78 is 5.75. The summed E-state index contributed by atoms with van der Waals surface area (Å²) in [6.07, 6.45) is 0. The van der Waals surface area contributed by atoms with Gasteiger partial charge in [0, 0.05) is 19.2 Å². The molecule has 0 fully saturated rings. The Hall–Kier alpha value is -3.55. The molecule has 30 heavy (non-hydrogen) atoms. The average Bonchev–Trinajstić information content (AvgIpc) is 2.76. The lowest BCUT2D eigenvalue weighted by atomic mass is 10.1. The molecule has 8 heteroatoms. The van der Waals surface area contributed by atoms with E-state index in [9.17, 15) is 9.59 Å². The van der Waals surface area contributed by atoms with E-state index in [4.69, 9.17) is 10.5 Å². The summed E-state index contributed by atoms with van der Waals surface area (Å²) in [6, 6.07) is 16.8. The lowest BCUT2D eigenvalue weighted by molar-refractivity contribution is -0.117. The lowest BCUT2D eigenvalue weighted by Gasteiger charge is -2.22. The van der Waals surface area contributed by atoms with Gasteiger partial charge in [0.2, 0.25) is 5.91 Å². The van der Waals surface area contributed by atoms with Gasteiger partial charge in [0.15, 0.2) is 5.96 Å². The van der Waals surface area contributed by atoms with Crippen molar-refractivity contribution in [3.8, 4) is 5.75 Å². The van der Waals surface area contributed by atoms with Gasteiger partial charge in [-0.05, 0) is 36.8 Å². The molecule has 0 saturated carbocycles. The smallest absolute Gasteiger partial charge is 0.251 e. The molecule has 0 aromatic heterocycles. The van der Waals surface area contributed by atoms with E-state index in [1.807, 2.05) is 61.3 Å². The first kappa shape index (κ1) is 22.7. The summed E-state index contributed by atoms with van der Waals surface area (Å²) in [6.45, 7) is 4.28. The van der Waals surface area contributed by atoms with E-state index in [0.29, 0.717) is 25.3 Å². The minimum atomic E-state index is -0.580. The maximum Gasteiger partial charge on any atom is 0.251 e. The van der Waals surface area contributed by atoms with Crippen LogP contribution in [0.15, 0.2) is 59.6 Å². The Morgan fingerprint density at radius 1 is 1.07 bits per heavy atom. The summed E-state index contributed by atoms with van der Waals surface area (Å²) in [4.78, 5) is 29.4. The van der Waals surface area contributed by atoms with Crippen LogP contribution >= 0.6 is 0 Å². The van der Waals surface area contributed by atoms with E-state index in [0.717, 1.165) is 23.8 Å². The molecule has 0 radical (unpaired) electrons. The summed E-state index contributed by atoms with van der Waals surface area (Å²) in [7, 11) is 1.96. The number of benzene rings is 2. The normalized spacial score (nSPS) is 10.9. The van der Waals surface area contributed by atoms with Crippen LogP contribution in [0.3, 0.4) is 0 Å². The molecule has 4 N–H and O–H groups in total. The van der Waals surface area contributed by atoms with Crippen molar-refractivity contribution in [1.82, 2.24) is 15.5 Å². The summed E-state index contributed by atoms with van der Waals surface area (Å²) in [5.74, 6) is 0.698. The van der Waals surface area contributed by atoms with Crippen LogP contribution in [0.2, 0.25) is 0 Å². The summed E-state index contributed by atoms with van der Waals surface area (Å²) >= 11 is 0. The van der Waals surface area contributed by atoms with Crippen LogP contribution < -0.4 is 21.1 Å². The molecule has 0 aliphatic carbocycles. The Bertz CT molecular complexity index is 838. The number of nitrogens with one attached hydrogen (secondary N) is 2. The Kier molecular flexibility index (Phi) is 9.18. The molecule has 0 saturated heterocycles. The second-order valence-corrected chi connectivity index (χ2v) is 6.60. The zero-order valence-electron chi connectivity index (χ0n) is 17.4. The number of likely N-dealkylation sites (N-methyl/N-ethyl adjacent to an activating group) is 1. The standard InChI is InChI=1S/C22H29N5O3/c1-3-24-22(27(2)13-14-30-19-7-5-4-6-8-19)26-15-17-9-11-18(12-10-17)21(29)25-16-20(23)28/h4-12H,3,13-16H2,1-2H3,(H2,23,28)(H,24,26)(H,25,29). The number of hydrogen-bond acceptors (Lipinski definition) is 4. The summed E-state index contributed by atoms with van der Waals surface area (Å²) in [5, 5.41) is 5.73. The largest absolute Gasteiger partial charge is 0.492 e. The number of hydrogen-bond donors (Lipinski definition) is 3. The number of rotatable bonds is 10. The highest BCUT2D eigenvalue weighted by molar-refractivity contribution is 5.96. The maximum atomic E-state index is 11.9. The highest BCUT2D eigenvalue weighted by Gasteiger charge is 2.08. The number of nitrogens with two attached hydrogens (primary N) is 1. The minimum absolute atomic E-state index is 0.183. The van der Waals surface area contributed by atoms with E-state index in [-0.39, 0.29) is 12.5 Å². The van der Waals surface area contributed by atoms with E-state index in [2.05, 4.69) is 15.6 Å². The number of para-hydroxylation sites is 1. The predicted molar refractivity (Wildman–Crippen MR) is 117 cm³/mol. The third-order valence-electron chi connectivity index (χ3n) is 4.19. The second-order valence-electron chi connectivity index (χ2n) is 6.60. The minimum Gasteiger partial charge on any atom is -0.492 e. The van der Waals surface area contributed by atoms with Crippen LogP contribution in [0.4, 0.5) is 0 Å². The van der Waals surface area contributed by atoms with Gasteiger partial charge in [0.1, 0.15) is 12.4 Å². The van der Waals surface area contributed by atoms with Gasteiger partial charge < -0.3 is 26.0 Å². The third kappa shape index (κ3) is 7.83. The fourth-order valence-corrected chi connectivity index (χ4v) is 2.59. The fraction of sp³-hybridized carbons (Fsp3) is 0.318.